The molecule has 2 heterocycles. The summed E-state index contributed by atoms with van der Waals surface area (Å²) in [5, 5.41) is 1.12. The van der Waals surface area contributed by atoms with Gasteiger partial charge in [0.2, 0.25) is 0 Å². The summed E-state index contributed by atoms with van der Waals surface area (Å²) in [6.45, 7) is 4.14. The quantitative estimate of drug-likeness (QED) is 0.883. The van der Waals surface area contributed by atoms with Crippen molar-refractivity contribution in [3.63, 3.8) is 0 Å². The average Bonchev–Trinajstić information content (AvgIpc) is 2.95. The van der Waals surface area contributed by atoms with Crippen molar-refractivity contribution in [1.82, 2.24) is 0 Å². The highest BCUT2D eigenvalue weighted by Crippen LogP contribution is 2.32. The Kier molecular flexibility index (Phi) is 2.88. The van der Waals surface area contributed by atoms with Crippen LogP contribution in [0, 0.1) is 6.92 Å². The van der Waals surface area contributed by atoms with Gasteiger partial charge in [-0.3, -0.25) is 0 Å². The minimum atomic E-state index is -0.165. The first kappa shape index (κ1) is 11.8. The molecule has 1 aromatic carbocycles. The monoisotopic (exact) mass is 245 g/mol. The Labute approximate surface area is 107 Å². The van der Waals surface area contributed by atoms with Crippen LogP contribution in [0.2, 0.25) is 0 Å². The maximum Gasteiger partial charge on any atom is 0.137 e. The van der Waals surface area contributed by atoms with Crippen LogP contribution >= 0.6 is 0 Å². The molecule has 1 aliphatic rings. The van der Waals surface area contributed by atoms with Gasteiger partial charge in [-0.05, 0) is 38.3 Å². The topological polar surface area (TPSA) is 48.4 Å². The molecule has 3 nitrogen and oxygen atoms in total. The zero-order chi connectivity index (χ0) is 12.7. The molecule has 0 amide bonds. The van der Waals surface area contributed by atoms with E-state index < -0.39 is 0 Å². The van der Waals surface area contributed by atoms with Crippen LogP contribution in [0.25, 0.3) is 11.0 Å². The molecule has 1 aromatic heterocycles. The van der Waals surface area contributed by atoms with Crippen LogP contribution in [0.4, 0.5) is 0 Å². The van der Waals surface area contributed by atoms with Crippen molar-refractivity contribution in [2.24, 2.45) is 5.73 Å². The van der Waals surface area contributed by atoms with Crippen LogP contribution in [0.3, 0.4) is 0 Å². The summed E-state index contributed by atoms with van der Waals surface area (Å²) in [4.78, 5) is 0. The molecule has 2 aromatic rings. The number of benzene rings is 1. The van der Waals surface area contributed by atoms with E-state index in [4.69, 9.17) is 14.9 Å². The number of fused-ring (bicyclic) bond motifs is 1. The first-order chi connectivity index (χ1) is 8.65. The third-order valence-electron chi connectivity index (χ3n) is 3.75. The summed E-state index contributed by atoms with van der Waals surface area (Å²) >= 11 is 0. The van der Waals surface area contributed by atoms with Crippen LogP contribution < -0.4 is 5.73 Å². The van der Waals surface area contributed by atoms with Gasteiger partial charge in [0.05, 0.1) is 18.2 Å². The van der Waals surface area contributed by atoms with Crippen molar-refractivity contribution in [3.8, 4) is 0 Å². The molecule has 1 fully saturated rings. The zero-order valence-corrected chi connectivity index (χ0v) is 10.8. The Bertz CT molecular complexity index is 561. The Morgan fingerprint density at radius 2 is 2.17 bits per heavy atom. The van der Waals surface area contributed by atoms with Gasteiger partial charge in [0.25, 0.3) is 0 Å². The van der Waals surface area contributed by atoms with Gasteiger partial charge in [-0.15, -0.1) is 0 Å². The first-order valence-electron chi connectivity index (χ1n) is 6.55. The standard InChI is InChI=1S/C15H19NO2/c1-9-4-3-5-11-8-13(18-15(9)11)14(16)12-7-6-10(2)17-12/h3-5,8,10,12,14H,6-7,16H2,1-2H3. The molecular weight excluding hydrogens is 226 g/mol. The lowest BCUT2D eigenvalue weighted by molar-refractivity contribution is 0.0362. The molecule has 0 spiro atoms. The van der Waals surface area contributed by atoms with E-state index >= 15 is 0 Å². The van der Waals surface area contributed by atoms with E-state index in [0.29, 0.717) is 6.10 Å². The molecule has 3 heteroatoms. The maximum atomic E-state index is 6.26. The number of aryl methyl sites for hydroxylation is 1. The Morgan fingerprint density at radius 3 is 2.83 bits per heavy atom. The van der Waals surface area contributed by atoms with E-state index in [2.05, 4.69) is 26.0 Å². The van der Waals surface area contributed by atoms with Crippen molar-refractivity contribution >= 4 is 11.0 Å². The number of nitrogens with two attached hydrogens (primary N) is 1. The summed E-state index contributed by atoms with van der Waals surface area (Å²) in [6, 6.07) is 8.02. The van der Waals surface area contributed by atoms with Crippen molar-refractivity contribution in [3.05, 3.63) is 35.6 Å². The highest BCUT2D eigenvalue weighted by atomic mass is 16.5. The lowest BCUT2D eigenvalue weighted by Gasteiger charge is -2.17. The van der Waals surface area contributed by atoms with Crippen LogP contribution in [-0.2, 0) is 4.74 Å². The SMILES string of the molecule is Cc1cccc2cc(C(N)C3CCC(C)O3)oc12. The van der Waals surface area contributed by atoms with E-state index in [9.17, 15) is 0 Å². The molecule has 1 aliphatic heterocycles. The van der Waals surface area contributed by atoms with E-state index in [1.54, 1.807) is 0 Å². The molecule has 3 rings (SSSR count). The van der Waals surface area contributed by atoms with Crippen molar-refractivity contribution in [2.45, 2.75) is 44.9 Å². The average molecular weight is 245 g/mol. The largest absolute Gasteiger partial charge is 0.459 e. The fourth-order valence-electron chi connectivity index (χ4n) is 2.67. The summed E-state index contributed by atoms with van der Waals surface area (Å²) < 4.78 is 11.7. The highest BCUT2D eigenvalue weighted by molar-refractivity contribution is 5.81. The second kappa shape index (κ2) is 4.41. The van der Waals surface area contributed by atoms with E-state index in [1.807, 2.05) is 12.1 Å². The lowest BCUT2D eigenvalue weighted by atomic mass is 10.1. The van der Waals surface area contributed by atoms with E-state index in [0.717, 1.165) is 35.1 Å². The number of rotatable bonds is 2. The molecule has 18 heavy (non-hydrogen) atoms. The van der Waals surface area contributed by atoms with Gasteiger partial charge >= 0.3 is 0 Å². The molecular formula is C15H19NO2. The smallest absolute Gasteiger partial charge is 0.137 e. The predicted molar refractivity (Wildman–Crippen MR) is 71.4 cm³/mol. The van der Waals surface area contributed by atoms with E-state index in [1.165, 1.54) is 0 Å². The van der Waals surface area contributed by atoms with Gasteiger partial charge in [0.15, 0.2) is 0 Å². The number of furan rings is 1. The van der Waals surface area contributed by atoms with Gasteiger partial charge in [-0.2, -0.15) is 0 Å². The summed E-state index contributed by atoms with van der Waals surface area (Å²) in [7, 11) is 0. The van der Waals surface area contributed by atoms with Crippen molar-refractivity contribution < 1.29 is 9.15 Å². The molecule has 2 N–H and O–H groups in total. The van der Waals surface area contributed by atoms with E-state index in [-0.39, 0.29) is 12.1 Å². The van der Waals surface area contributed by atoms with Crippen LogP contribution in [-0.4, -0.2) is 12.2 Å². The molecule has 3 unspecified atom stereocenters. The maximum absolute atomic E-state index is 6.26. The van der Waals surface area contributed by atoms with Crippen LogP contribution in [0.1, 0.15) is 37.1 Å². The van der Waals surface area contributed by atoms with Gasteiger partial charge in [0.1, 0.15) is 11.3 Å². The third-order valence-corrected chi connectivity index (χ3v) is 3.75. The minimum Gasteiger partial charge on any atom is -0.459 e. The number of ether oxygens (including phenoxy) is 1. The number of hydrogen-bond donors (Lipinski definition) is 1. The second-order valence-electron chi connectivity index (χ2n) is 5.23. The summed E-state index contributed by atoms with van der Waals surface area (Å²) in [6.07, 6.45) is 2.49. The molecule has 0 radical (unpaired) electrons. The van der Waals surface area contributed by atoms with Gasteiger partial charge in [0, 0.05) is 5.39 Å². The Hall–Kier alpha value is -1.32. The normalized spacial score (nSPS) is 25.7. The zero-order valence-electron chi connectivity index (χ0n) is 10.8. The molecule has 1 saturated heterocycles. The summed E-state index contributed by atoms with van der Waals surface area (Å²) in [5.74, 6) is 0.832. The predicted octanol–water partition coefficient (Wildman–Crippen LogP) is 3.31. The van der Waals surface area contributed by atoms with Crippen molar-refractivity contribution in [2.75, 3.05) is 0 Å². The molecule has 3 atom stereocenters. The van der Waals surface area contributed by atoms with Gasteiger partial charge in [-0.1, -0.05) is 18.2 Å². The molecule has 0 aliphatic carbocycles. The highest BCUT2D eigenvalue weighted by Gasteiger charge is 2.30. The van der Waals surface area contributed by atoms with Crippen LogP contribution in [0.5, 0.6) is 0 Å². The molecule has 0 bridgehead atoms. The molecule has 0 saturated carbocycles. The number of para-hydroxylation sites is 1. The van der Waals surface area contributed by atoms with Crippen LogP contribution in [0.15, 0.2) is 28.7 Å². The molecule has 96 valence electrons. The number of hydrogen-bond acceptors (Lipinski definition) is 3. The minimum absolute atomic E-state index is 0.0841. The first-order valence-corrected chi connectivity index (χ1v) is 6.55. The Morgan fingerprint density at radius 1 is 1.33 bits per heavy atom. The lowest BCUT2D eigenvalue weighted by Crippen LogP contribution is -2.25. The fraction of sp³-hybridized carbons (Fsp3) is 0.467. The van der Waals surface area contributed by atoms with Gasteiger partial charge < -0.3 is 14.9 Å². The second-order valence-corrected chi connectivity index (χ2v) is 5.23. The fourth-order valence-corrected chi connectivity index (χ4v) is 2.67. The third kappa shape index (κ3) is 1.93. The Balaban J connectivity index is 1.92. The summed E-state index contributed by atoms with van der Waals surface area (Å²) in [5.41, 5.74) is 8.34. The van der Waals surface area contributed by atoms with Crippen molar-refractivity contribution in [1.29, 1.82) is 0 Å². The van der Waals surface area contributed by atoms with Gasteiger partial charge in [-0.25, -0.2) is 0 Å².